The van der Waals surface area contributed by atoms with Gasteiger partial charge in [-0.1, -0.05) is 107 Å². The van der Waals surface area contributed by atoms with Crippen molar-refractivity contribution in [2.45, 2.75) is 0 Å². The molecule has 36 heavy (non-hydrogen) atoms. The maximum absolute atomic E-state index is 4.96. The van der Waals surface area contributed by atoms with E-state index in [0.717, 1.165) is 20.6 Å². The minimum absolute atomic E-state index is 1.05. The molecule has 0 saturated carbocycles. The highest BCUT2D eigenvalue weighted by molar-refractivity contribution is 9.10. The van der Waals surface area contributed by atoms with Crippen LogP contribution >= 0.6 is 27.3 Å². The van der Waals surface area contributed by atoms with Crippen molar-refractivity contribution in [2.75, 3.05) is 0 Å². The average molecular weight is 543 g/mol. The Hall–Kier alpha value is -3.79. The third kappa shape index (κ3) is 3.55. The number of nitrogens with zero attached hydrogens (tertiary/aromatic N) is 1. The van der Waals surface area contributed by atoms with E-state index in [0.29, 0.717) is 0 Å². The van der Waals surface area contributed by atoms with Crippen LogP contribution in [-0.2, 0) is 0 Å². The lowest BCUT2D eigenvalue weighted by Crippen LogP contribution is -1.91. The van der Waals surface area contributed by atoms with Gasteiger partial charge in [0.25, 0.3) is 0 Å². The molecule has 0 aliphatic rings. The number of hydrogen-bond acceptors (Lipinski definition) is 2. The molecule has 0 bridgehead atoms. The molecule has 1 nitrogen and oxygen atoms in total. The first-order valence-corrected chi connectivity index (χ1v) is 13.5. The first-order chi connectivity index (χ1) is 17.8. The Balaban J connectivity index is 1.63. The van der Waals surface area contributed by atoms with Crippen LogP contribution in [0.1, 0.15) is 0 Å². The monoisotopic (exact) mass is 541 g/mol. The number of fused-ring (bicyclic) bond motifs is 3. The zero-order valence-corrected chi connectivity index (χ0v) is 21.7. The van der Waals surface area contributed by atoms with Gasteiger partial charge in [0.15, 0.2) is 0 Å². The molecule has 1 aromatic heterocycles. The number of benzene rings is 6. The molecule has 0 radical (unpaired) electrons. The normalized spacial score (nSPS) is 11.5. The van der Waals surface area contributed by atoms with Crippen molar-refractivity contribution < 1.29 is 0 Å². The minimum Gasteiger partial charge on any atom is -0.236 e. The molecule has 6 aromatic carbocycles. The highest BCUT2D eigenvalue weighted by Gasteiger charge is 2.18. The van der Waals surface area contributed by atoms with Crippen molar-refractivity contribution in [3.05, 3.63) is 126 Å². The quantitative estimate of drug-likeness (QED) is 0.203. The van der Waals surface area contributed by atoms with Crippen molar-refractivity contribution in [3.8, 4) is 32.8 Å². The predicted octanol–water partition coefficient (Wildman–Crippen LogP) is 10.4. The number of halogens is 1. The van der Waals surface area contributed by atoms with Crippen molar-refractivity contribution in [3.63, 3.8) is 0 Å². The van der Waals surface area contributed by atoms with E-state index < -0.39 is 0 Å². The molecule has 0 amide bonds. The maximum atomic E-state index is 4.96. The zero-order chi connectivity index (χ0) is 24.1. The van der Waals surface area contributed by atoms with Crippen LogP contribution in [0.4, 0.5) is 0 Å². The second-order valence-corrected chi connectivity index (χ2v) is 10.9. The molecule has 0 aliphatic heterocycles. The highest BCUT2D eigenvalue weighted by atomic mass is 79.9. The standard InChI is InChI=1S/C33H20BrNS/c34-24-16-18-26-28(20-24)32(22-11-5-2-6-12-22)25-17-15-23(33-35-29-13-7-8-14-30(29)36-33)19-27(25)31(26)21-9-3-1-4-10-21/h1-20H. The van der Waals surface area contributed by atoms with Crippen LogP contribution in [0, 0.1) is 0 Å². The van der Waals surface area contributed by atoms with Crippen molar-refractivity contribution in [1.82, 2.24) is 4.98 Å². The average Bonchev–Trinajstić information content (AvgIpc) is 3.37. The van der Waals surface area contributed by atoms with E-state index in [9.17, 15) is 0 Å². The maximum Gasteiger partial charge on any atom is 0.124 e. The highest BCUT2D eigenvalue weighted by Crippen LogP contribution is 2.45. The van der Waals surface area contributed by atoms with E-state index >= 15 is 0 Å². The number of rotatable bonds is 3. The van der Waals surface area contributed by atoms with E-state index in [1.807, 2.05) is 0 Å². The van der Waals surface area contributed by atoms with Crippen LogP contribution in [0.15, 0.2) is 126 Å². The van der Waals surface area contributed by atoms with Gasteiger partial charge in [-0.2, -0.15) is 0 Å². The molecule has 0 spiro atoms. The fourth-order valence-corrected chi connectivity index (χ4v) is 6.48. The van der Waals surface area contributed by atoms with E-state index in [4.69, 9.17) is 4.98 Å². The van der Waals surface area contributed by atoms with E-state index in [2.05, 4.69) is 137 Å². The second kappa shape index (κ2) is 8.70. The lowest BCUT2D eigenvalue weighted by atomic mass is 9.85. The zero-order valence-electron chi connectivity index (χ0n) is 19.3. The Morgan fingerprint density at radius 1 is 0.500 bits per heavy atom. The van der Waals surface area contributed by atoms with Crippen LogP contribution in [0.5, 0.6) is 0 Å². The van der Waals surface area contributed by atoms with Gasteiger partial charge in [0.2, 0.25) is 0 Å². The molecular weight excluding hydrogens is 522 g/mol. The lowest BCUT2D eigenvalue weighted by molar-refractivity contribution is 1.48. The molecule has 0 saturated heterocycles. The summed E-state index contributed by atoms with van der Waals surface area (Å²) in [7, 11) is 0. The molecule has 170 valence electrons. The van der Waals surface area contributed by atoms with Gasteiger partial charge in [-0.3, -0.25) is 0 Å². The number of aromatic nitrogens is 1. The first-order valence-electron chi connectivity index (χ1n) is 11.9. The van der Waals surface area contributed by atoms with E-state index in [1.165, 1.54) is 48.5 Å². The number of hydrogen-bond donors (Lipinski definition) is 0. The summed E-state index contributed by atoms with van der Waals surface area (Å²) < 4.78 is 2.29. The summed E-state index contributed by atoms with van der Waals surface area (Å²) in [4.78, 5) is 4.96. The van der Waals surface area contributed by atoms with Crippen molar-refractivity contribution >= 4 is 59.0 Å². The fraction of sp³-hybridized carbons (Fsp3) is 0. The van der Waals surface area contributed by atoms with Gasteiger partial charge in [0.1, 0.15) is 5.01 Å². The Kier molecular flexibility index (Phi) is 5.19. The van der Waals surface area contributed by atoms with Crippen LogP contribution < -0.4 is 0 Å². The molecule has 0 atom stereocenters. The molecule has 0 fully saturated rings. The summed E-state index contributed by atoms with van der Waals surface area (Å²) >= 11 is 5.49. The van der Waals surface area contributed by atoms with Gasteiger partial charge in [-0.05, 0) is 74.1 Å². The lowest BCUT2D eigenvalue weighted by Gasteiger charge is -2.18. The van der Waals surface area contributed by atoms with Crippen LogP contribution in [0.2, 0.25) is 0 Å². The molecule has 1 heterocycles. The van der Waals surface area contributed by atoms with Gasteiger partial charge in [0, 0.05) is 10.0 Å². The largest absolute Gasteiger partial charge is 0.236 e. The molecule has 0 aliphatic carbocycles. The van der Waals surface area contributed by atoms with Gasteiger partial charge < -0.3 is 0 Å². The summed E-state index contributed by atoms with van der Waals surface area (Å²) in [5, 5.41) is 6.03. The summed E-state index contributed by atoms with van der Waals surface area (Å²) in [6, 6.07) is 43.3. The smallest absolute Gasteiger partial charge is 0.124 e. The number of para-hydroxylation sites is 1. The molecule has 7 rings (SSSR count). The van der Waals surface area contributed by atoms with Crippen LogP contribution in [0.25, 0.3) is 64.6 Å². The molecule has 0 unspecified atom stereocenters. The van der Waals surface area contributed by atoms with E-state index in [-0.39, 0.29) is 0 Å². The van der Waals surface area contributed by atoms with E-state index in [1.54, 1.807) is 11.3 Å². The fourth-order valence-electron chi connectivity index (χ4n) is 5.16. The number of thiazole rings is 1. The van der Waals surface area contributed by atoms with Gasteiger partial charge in [-0.25, -0.2) is 4.98 Å². The third-order valence-electron chi connectivity index (χ3n) is 6.74. The van der Waals surface area contributed by atoms with Crippen molar-refractivity contribution in [2.24, 2.45) is 0 Å². The minimum atomic E-state index is 1.05. The summed E-state index contributed by atoms with van der Waals surface area (Å²) in [6.45, 7) is 0. The molecule has 7 aromatic rings. The molecular formula is C33H20BrNS. The van der Waals surface area contributed by atoms with Crippen molar-refractivity contribution in [1.29, 1.82) is 0 Å². The SMILES string of the molecule is Brc1ccc2c(-c3ccccc3)c3cc(-c4nc5ccccc5s4)ccc3c(-c3ccccc3)c2c1. The summed E-state index contributed by atoms with van der Waals surface area (Å²) in [6.07, 6.45) is 0. The Morgan fingerprint density at radius 2 is 1.08 bits per heavy atom. The van der Waals surface area contributed by atoms with Crippen LogP contribution in [0.3, 0.4) is 0 Å². The summed E-state index contributed by atoms with van der Waals surface area (Å²) in [5.74, 6) is 0. The van der Waals surface area contributed by atoms with Gasteiger partial charge in [-0.15, -0.1) is 11.3 Å². The first kappa shape index (κ1) is 21.5. The summed E-state index contributed by atoms with van der Waals surface area (Å²) in [5.41, 5.74) is 7.16. The second-order valence-electron chi connectivity index (χ2n) is 8.92. The molecule has 3 heteroatoms. The Labute approximate surface area is 221 Å². The van der Waals surface area contributed by atoms with Gasteiger partial charge >= 0.3 is 0 Å². The Morgan fingerprint density at radius 3 is 1.75 bits per heavy atom. The Bertz CT molecular complexity index is 1860. The van der Waals surface area contributed by atoms with Crippen LogP contribution in [-0.4, -0.2) is 4.98 Å². The van der Waals surface area contributed by atoms with Gasteiger partial charge in [0.05, 0.1) is 10.2 Å². The third-order valence-corrected chi connectivity index (χ3v) is 8.32. The predicted molar refractivity (Wildman–Crippen MR) is 159 cm³/mol. The topological polar surface area (TPSA) is 12.9 Å². The molecule has 0 N–H and O–H groups in total.